The molecule has 0 amide bonds. The van der Waals surface area contributed by atoms with Crippen LogP contribution < -0.4 is 0 Å². The number of rotatable bonds is 2. The van der Waals surface area contributed by atoms with Crippen LogP contribution in [0.25, 0.3) is 5.69 Å². The van der Waals surface area contributed by atoms with Gasteiger partial charge in [0.15, 0.2) is 5.69 Å². The molecule has 0 fully saturated rings. The van der Waals surface area contributed by atoms with E-state index in [9.17, 15) is 18.0 Å². The van der Waals surface area contributed by atoms with Crippen molar-refractivity contribution in [1.82, 2.24) is 15.0 Å². The highest BCUT2D eigenvalue weighted by atomic mass is 19.4. The molecule has 5 nitrogen and oxygen atoms in total. The number of hydrogen-bond donors (Lipinski definition) is 1. The van der Waals surface area contributed by atoms with Crippen molar-refractivity contribution in [3.8, 4) is 5.69 Å². The average molecular weight is 271 g/mol. The number of halogens is 3. The molecule has 2 rings (SSSR count). The van der Waals surface area contributed by atoms with Gasteiger partial charge in [-0.1, -0.05) is 5.21 Å². The molecule has 0 atom stereocenters. The molecule has 1 N–H and O–H groups in total. The summed E-state index contributed by atoms with van der Waals surface area (Å²) in [6.07, 6.45) is -4.41. The molecule has 0 aliphatic carbocycles. The summed E-state index contributed by atoms with van der Waals surface area (Å²) in [4.78, 5) is 10.8. The van der Waals surface area contributed by atoms with Crippen LogP contribution >= 0.6 is 0 Å². The number of nitrogens with zero attached hydrogens (tertiary/aromatic N) is 3. The van der Waals surface area contributed by atoms with Crippen LogP contribution in [0, 0.1) is 6.92 Å². The highest BCUT2D eigenvalue weighted by Crippen LogP contribution is 2.29. The maximum absolute atomic E-state index is 12.4. The molecule has 2 aromatic rings. The summed E-state index contributed by atoms with van der Waals surface area (Å²) in [6, 6.07) is 4.21. The molecule has 0 bridgehead atoms. The first-order valence-corrected chi connectivity index (χ1v) is 5.14. The average Bonchev–Trinajstić information content (AvgIpc) is 2.70. The zero-order valence-corrected chi connectivity index (χ0v) is 9.64. The number of carboxylic acid groups (broad SMARTS) is 1. The van der Waals surface area contributed by atoms with E-state index in [1.165, 1.54) is 23.7 Å². The molecule has 0 saturated carbocycles. The lowest BCUT2D eigenvalue weighted by atomic mass is 10.2. The van der Waals surface area contributed by atoms with Crippen molar-refractivity contribution in [2.24, 2.45) is 0 Å². The third-order valence-corrected chi connectivity index (χ3v) is 2.54. The summed E-state index contributed by atoms with van der Waals surface area (Å²) < 4.78 is 38.4. The molecule has 0 spiro atoms. The van der Waals surface area contributed by atoms with Crippen LogP contribution in [-0.4, -0.2) is 26.1 Å². The van der Waals surface area contributed by atoms with Gasteiger partial charge in [0.25, 0.3) is 0 Å². The minimum Gasteiger partial charge on any atom is -0.476 e. The first-order valence-electron chi connectivity index (χ1n) is 5.14. The van der Waals surface area contributed by atoms with E-state index < -0.39 is 17.7 Å². The molecule has 0 radical (unpaired) electrons. The van der Waals surface area contributed by atoms with Gasteiger partial charge in [-0.25, -0.2) is 9.48 Å². The Labute approximate surface area is 105 Å². The lowest BCUT2D eigenvalue weighted by Gasteiger charge is -2.08. The van der Waals surface area contributed by atoms with Gasteiger partial charge in [0.1, 0.15) is 0 Å². The Hall–Kier alpha value is -2.38. The molecule has 8 heteroatoms. The fraction of sp³-hybridized carbons (Fsp3) is 0.182. The molecule has 0 unspecified atom stereocenters. The molecular formula is C11H8F3N3O2. The van der Waals surface area contributed by atoms with Crippen LogP contribution in [0.4, 0.5) is 13.2 Å². The van der Waals surface area contributed by atoms with Gasteiger partial charge in [-0.2, -0.15) is 13.2 Å². The predicted molar refractivity (Wildman–Crippen MR) is 58.1 cm³/mol. The van der Waals surface area contributed by atoms with Crippen molar-refractivity contribution in [2.75, 3.05) is 0 Å². The number of carboxylic acids is 1. The molecule has 1 aromatic heterocycles. The van der Waals surface area contributed by atoms with Crippen LogP contribution in [0.2, 0.25) is 0 Å². The lowest BCUT2D eigenvalue weighted by Crippen LogP contribution is -2.06. The minimum absolute atomic E-state index is 0.236. The monoisotopic (exact) mass is 271 g/mol. The predicted octanol–water partition coefficient (Wildman–Crippen LogP) is 2.29. The number of alkyl halides is 3. The van der Waals surface area contributed by atoms with Gasteiger partial charge in [-0.05, 0) is 31.2 Å². The minimum atomic E-state index is -4.41. The zero-order valence-electron chi connectivity index (χ0n) is 9.64. The number of aromatic carboxylic acids is 1. The van der Waals surface area contributed by atoms with Crippen molar-refractivity contribution in [2.45, 2.75) is 13.1 Å². The molecule has 19 heavy (non-hydrogen) atoms. The highest BCUT2D eigenvalue weighted by molar-refractivity contribution is 5.86. The Bertz CT molecular complexity index is 617. The second kappa shape index (κ2) is 4.38. The molecular weight excluding hydrogens is 263 g/mol. The number of aromatic nitrogens is 3. The number of benzene rings is 1. The lowest BCUT2D eigenvalue weighted by molar-refractivity contribution is -0.137. The maximum atomic E-state index is 12.4. The SMILES string of the molecule is Cc1c(C(=O)O)nnn1-c1ccc(C(F)(F)F)cc1. The van der Waals surface area contributed by atoms with E-state index in [2.05, 4.69) is 10.3 Å². The van der Waals surface area contributed by atoms with Crippen LogP contribution in [-0.2, 0) is 6.18 Å². The van der Waals surface area contributed by atoms with Crippen molar-refractivity contribution in [3.05, 3.63) is 41.2 Å². The topological polar surface area (TPSA) is 68.0 Å². The van der Waals surface area contributed by atoms with Gasteiger partial charge in [-0.3, -0.25) is 0 Å². The summed E-state index contributed by atoms with van der Waals surface area (Å²) in [6.45, 7) is 1.47. The van der Waals surface area contributed by atoms with E-state index in [0.29, 0.717) is 5.69 Å². The second-order valence-corrected chi connectivity index (χ2v) is 3.79. The van der Waals surface area contributed by atoms with E-state index in [1.54, 1.807) is 0 Å². The van der Waals surface area contributed by atoms with E-state index in [0.717, 1.165) is 12.1 Å². The first-order chi connectivity index (χ1) is 8.80. The molecule has 100 valence electrons. The molecule has 0 aliphatic rings. The smallest absolute Gasteiger partial charge is 0.416 e. The molecule has 1 aromatic carbocycles. The Kier molecular flexibility index (Phi) is 3.01. The fourth-order valence-electron chi connectivity index (χ4n) is 1.56. The largest absolute Gasteiger partial charge is 0.476 e. The van der Waals surface area contributed by atoms with E-state index >= 15 is 0 Å². The molecule has 1 heterocycles. The standard InChI is InChI=1S/C11H8F3N3O2/c1-6-9(10(18)19)15-16-17(6)8-4-2-7(3-5-8)11(12,13)14/h2-5H,1H3,(H,18,19). The Morgan fingerprint density at radius 1 is 1.26 bits per heavy atom. The molecule has 0 aliphatic heterocycles. The van der Waals surface area contributed by atoms with Crippen LogP contribution in [0.1, 0.15) is 21.7 Å². The third kappa shape index (κ3) is 2.42. The van der Waals surface area contributed by atoms with Crippen molar-refractivity contribution >= 4 is 5.97 Å². The summed E-state index contributed by atoms with van der Waals surface area (Å²) in [5.41, 5.74) is -0.467. The first kappa shape index (κ1) is 13.1. The summed E-state index contributed by atoms with van der Waals surface area (Å²) in [5.74, 6) is -1.24. The zero-order chi connectivity index (χ0) is 14.2. The highest BCUT2D eigenvalue weighted by Gasteiger charge is 2.30. The Morgan fingerprint density at radius 2 is 1.84 bits per heavy atom. The van der Waals surface area contributed by atoms with Crippen molar-refractivity contribution < 1.29 is 23.1 Å². The molecule has 0 saturated heterocycles. The normalized spacial score (nSPS) is 11.6. The quantitative estimate of drug-likeness (QED) is 0.909. The number of hydrogen-bond acceptors (Lipinski definition) is 3. The van der Waals surface area contributed by atoms with Crippen LogP contribution in [0.15, 0.2) is 24.3 Å². The van der Waals surface area contributed by atoms with Gasteiger partial charge < -0.3 is 5.11 Å². The van der Waals surface area contributed by atoms with Crippen molar-refractivity contribution in [1.29, 1.82) is 0 Å². The summed E-state index contributed by atoms with van der Waals surface area (Å²) >= 11 is 0. The third-order valence-electron chi connectivity index (χ3n) is 2.54. The summed E-state index contributed by atoms with van der Waals surface area (Å²) in [7, 11) is 0. The van der Waals surface area contributed by atoms with Crippen LogP contribution in [0.5, 0.6) is 0 Å². The maximum Gasteiger partial charge on any atom is 0.416 e. The Morgan fingerprint density at radius 3 is 2.26 bits per heavy atom. The van der Waals surface area contributed by atoms with Gasteiger partial charge in [0.05, 0.1) is 16.9 Å². The fourth-order valence-corrected chi connectivity index (χ4v) is 1.56. The van der Waals surface area contributed by atoms with Gasteiger partial charge in [0.2, 0.25) is 0 Å². The van der Waals surface area contributed by atoms with Gasteiger partial charge in [-0.15, -0.1) is 5.10 Å². The van der Waals surface area contributed by atoms with Gasteiger partial charge in [0, 0.05) is 0 Å². The second-order valence-electron chi connectivity index (χ2n) is 3.79. The van der Waals surface area contributed by atoms with Gasteiger partial charge >= 0.3 is 12.1 Å². The van der Waals surface area contributed by atoms with E-state index in [1.807, 2.05) is 0 Å². The summed E-state index contributed by atoms with van der Waals surface area (Å²) in [5, 5.41) is 15.9. The van der Waals surface area contributed by atoms with Crippen LogP contribution in [0.3, 0.4) is 0 Å². The Balaban J connectivity index is 2.41. The number of carbonyl (C=O) groups is 1. The van der Waals surface area contributed by atoms with E-state index in [-0.39, 0.29) is 11.4 Å². The van der Waals surface area contributed by atoms with E-state index in [4.69, 9.17) is 5.11 Å². The van der Waals surface area contributed by atoms with Crippen molar-refractivity contribution in [3.63, 3.8) is 0 Å².